The fourth-order valence-electron chi connectivity index (χ4n) is 1.85. The normalized spacial score (nSPS) is 14.7. The van der Waals surface area contributed by atoms with Gasteiger partial charge in [0.2, 0.25) is 0 Å². The van der Waals surface area contributed by atoms with Crippen LogP contribution in [0.15, 0.2) is 12.7 Å². The van der Waals surface area contributed by atoms with E-state index in [0.717, 1.165) is 25.7 Å². The van der Waals surface area contributed by atoms with Crippen LogP contribution in [-0.4, -0.2) is 5.60 Å². The number of rotatable bonds is 11. The molecule has 1 unspecified atom stereocenters. The minimum atomic E-state index is -0.677. The van der Waals surface area contributed by atoms with Gasteiger partial charge < -0.3 is 0 Å². The van der Waals surface area contributed by atoms with Crippen molar-refractivity contribution in [1.29, 1.82) is 0 Å². The molecule has 0 rings (SSSR count). The lowest BCUT2D eigenvalue weighted by atomic mass is 9.95. The second-order valence-electron chi connectivity index (χ2n) is 5.11. The second-order valence-corrected chi connectivity index (χ2v) is 5.11. The summed E-state index contributed by atoms with van der Waals surface area (Å²) >= 11 is 0. The first-order valence-corrected chi connectivity index (χ1v) is 6.93. The van der Waals surface area contributed by atoms with Gasteiger partial charge in [-0.15, -0.1) is 6.58 Å². The van der Waals surface area contributed by atoms with Gasteiger partial charge in [-0.25, -0.2) is 5.11 Å². The van der Waals surface area contributed by atoms with Crippen molar-refractivity contribution in [2.75, 3.05) is 0 Å². The van der Waals surface area contributed by atoms with Gasteiger partial charge in [-0.05, 0) is 32.6 Å². The van der Waals surface area contributed by atoms with Crippen LogP contribution < -0.4 is 0 Å². The van der Waals surface area contributed by atoms with Gasteiger partial charge >= 0.3 is 0 Å². The first kappa shape index (κ1) is 15.7. The molecule has 0 aliphatic rings. The van der Waals surface area contributed by atoms with E-state index in [-0.39, 0.29) is 0 Å². The Bertz CT molecular complexity index is 161. The van der Waals surface area contributed by atoms with Crippen molar-refractivity contribution in [1.82, 2.24) is 0 Å². The van der Waals surface area contributed by atoms with Crippen LogP contribution in [0.4, 0.5) is 0 Å². The fourth-order valence-corrected chi connectivity index (χ4v) is 1.85. The summed E-state index contributed by atoms with van der Waals surface area (Å²) in [4.78, 5) is 0. The van der Waals surface area contributed by atoms with E-state index in [9.17, 15) is 5.11 Å². The Labute approximate surface area is 102 Å². The zero-order valence-corrected chi connectivity index (χ0v) is 11.3. The summed E-state index contributed by atoms with van der Waals surface area (Å²) in [6, 6.07) is 0. The van der Waals surface area contributed by atoms with E-state index in [4.69, 9.17) is 0 Å². The van der Waals surface area contributed by atoms with Crippen molar-refractivity contribution < 1.29 is 5.11 Å². The SMILES string of the molecule is C=CCCCCCCCCCC(C)([O])CC. The number of hydrogen-bond donors (Lipinski definition) is 0. The molecule has 1 radical (unpaired) electrons. The zero-order chi connectivity index (χ0) is 12.3. The highest BCUT2D eigenvalue weighted by Gasteiger charge is 2.18. The Morgan fingerprint density at radius 1 is 1.00 bits per heavy atom. The summed E-state index contributed by atoms with van der Waals surface area (Å²) in [5, 5.41) is 11.7. The average Bonchev–Trinajstić information content (AvgIpc) is 2.27. The highest BCUT2D eigenvalue weighted by atomic mass is 16.3. The summed E-state index contributed by atoms with van der Waals surface area (Å²) in [7, 11) is 0. The smallest absolute Gasteiger partial charge is 0.101 e. The highest BCUT2D eigenvalue weighted by molar-refractivity contribution is 4.69. The van der Waals surface area contributed by atoms with E-state index >= 15 is 0 Å². The molecule has 0 aliphatic heterocycles. The standard InChI is InChI=1S/C15H29O/c1-4-6-7-8-9-10-11-12-13-14-15(3,16)5-2/h4H,1,5-14H2,2-3H3. The molecule has 0 aromatic heterocycles. The van der Waals surface area contributed by atoms with E-state index in [1.807, 2.05) is 19.9 Å². The van der Waals surface area contributed by atoms with Crippen molar-refractivity contribution in [2.24, 2.45) is 0 Å². The second kappa shape index (κ2) is 9.89. The van der Waals surface area contributed by atoms with Gasteiger partial charge in [-0.2, -0.15) is 0 Å². The summed E-state index contributed by atoms with van der Waals surface area (Å²) < 4.78 is 0. The van der Waals surface area contributed by atoms with Gasteiger partial charge in [0.15, 0.2) is 0 Å². The molecule has 95 valence electrons. The van der Waals surface area contributed by atoms with Crippen LogP contribution in [0.2, 0.25) is 0 Å². The van der Waals surface area contributed by atoms with Gasteiger partial charge in [0.05, 0.1) is 0 Å². The predicted molar refractivity (Wildman–Crippen MR) is 71.1 cm³/mol. The Hall–Kier alpha value is -0.300. The molecule has 0 N–H and O–H groups in total. The van der Waals surface area contributed by atoms with Gasteiger partial charge in [0.25, 0.3) is 0 Å². The van der Waals surface area contributed by atoms with Gasteiger partial charge in [0.1, 0.15) is 5.60 Å². The van der Waals surface area contributed by atoms with Crippen LogP contribution in [-0.2, 0) is 5.11 Å². The van der Waals surface area contributed by atoms with E-state index in [0.29, 0.717) is 0 Å². The molecule has 16 heavy (non-hydrogen) atoms. The van der Waals surface area contributed by atoms with Crippen LogP contribution in [0.3, 0.4) is 0 Å². The summed E-state index contributed by atoms with van der Waals surface area (Å²) in [5.74, 6) is 0. The lowest BCUT2D eigenvalue weighted by Crippen LogP contribution is -2.20. The van der Waals surface area contributed by atoms with E-state index in [1.54, 1.807) is 0 Å². The fraction of sp³-hybridized carbons (Fsp3) is 0.867. The molecule has 0 fully saturated rings. The molecule has 1 nitrogen and oxygen atoms in total. The molecular formula is C15H29O. The molecule has 0 amide bonds. The summed E-state index contributed by atoms with van der Waals surface area (Å²) in [6.07, 6.45) is 13.7. The van der Waals surface area contributed by atoms with Crippen molar-refractivity contribution in [3.05, 3.63) is 12.7 Å². The molecule has 0 aromatic carbocycles. The number of allylic oxidation sites excluding steroid dienone is 1. The molecule has 0 bridgehead atoms. The van der Waals surface area contributed by atoms with Crippen LogP contribution >= 0.6 is 0 Å². The van der Waals surface area contributed by atoms with Crippen LogP contribution in [0, 0.1) is 0 Å². The molecule has 1 heteroatoms. The first-order valence-electron chi connectivity index (χ1n) is 6.93. The average molecular weight is 225 g/mol. The molecule has 0 saturated carbocycles. The quantitative estimate of drug-likeness (QED) is 0.336. The molecular weight excluding hydrogens is 196 g/mol. The van der Waals surface area contributed by atoms with Gasteiger partial charge in [-0.3, -0.25) is 0 Å². The minimum absolute atomic E-state index is 0.677. The third kappa shape index (κ3) is 10.2. The zero-order valence-electron chi connectivity index (χ0n) is 11.3. The molecule has 1 atom stereocenters. The topological polar surface area (TPSA) is 19.9 Å². The van der Waals surface area contributed by atoms with Crippen molar-refractivity contribution in [3.8, 4) is 0 Å². The Balaban J connectivity index is 3.12. The maximum atomic E-state index is 11.7. The minimum Gasteiger partial charge on any atom is -0.230 e. The molecule has 0 spiro atoms. The maximum Gasteiger partial charge on any atom is 0.101 e. The third-order valence-electron chi connectivity index (χ3n) is 3.36. The van der Waals surface area contributed by atoms with Crippen molar-refractivity contribution in [2.45, 2.75) is 83.7 Å². The Morgan fingerprint density at radius 2 is 1.50 bits per heavy atom. The maximum absolute atomic E-state index is 11.7. The van der Waals surface area contributed by atoms with Crippen LogP contribution in [0.5, 0.6) is 0 Å². The Morgan fingerprint density at radius 3 is 2.00 bits per heavy atom. The highest BCUT2D eigenvalue weighted by Crippen LogP contribution is 2.19. The largest absolute Gasteiger partial charge is 0.230 e. The lowest BCUT2D eigenvalue weighted by molar-refractivity contribution is -0.0252. The van der Waals surface area contributed by atoms with Crippen LogP contribution in [0.1, 0.15) is 78.1 Å². The molecule has 0 aliphatic carbocycles. The first-order chi connectivity index (χ1) is 7.62. The summed E-state index contributed by atoms with van der Waals surface area (Å²) in [5.41, 5.74) is -0.677. The van der Waals surface area contributed by atoms with Crippen molar-refractivity contribution in [3.63, 3.8) is 0 Å². The van der Waals surface area contributed by atoms with E-state index in [2.05, 4.69) is 6.58 Å². The third-order valence-corrected chi connectivity index (χ3v) is 3.36. The van der Waals surface area contributed by atoms with Gasteiger partial charge in [0, 0.05) is 0 Å². The van der Waals surface area contributed by atoms with E-state index in [1.165, 1.54) is 38.5 Å². The Kier molecular flexibility index (Phi) is 9.71. The predicted octanol–water partition coefficient (Wildman–Crippen LogP) is 5.28. The number of unbranched alkanes of at least 4 members (excludes halogenated alkanes) is 7. The molecule has 0 saturated heterocycles. The van der Waals surface area contributed by atoms with E-state index < -0.39 is 5.60 Å². The van der Waals surface area contributed by atoms with Gasteiger partial charge in [-0.1, -0.05) is 51.5 Å². The number of hydrogen-bond acceptors (Lipinski definition) is 0. The lowest BCUT2D eigenvalue weighted by Gasteiger charge is -2.17. The van der Waals surface area contributed by atoms with Crippen molar-refractivity contribution >= 4 is 0 Å². The monoisotopic (exact) mass is 225 g/mol. The molecule has 0 heterocycles. The summed E-state index contributed by atoms with van der Waals surface area (Å²) in [6.45, 7) is 7.55. The molecule has 0 aromatic rings. The van der Waals surface area contributed by atoms with Crippen LogP contribution in [0.25, 0.3) is 0 Å².